The molecule has 2 atom stereocenters. The van der Waals surface area contributed by atoms with Gasteiger partial charge in [0, 0.05) is 34.9 Å². The number of amides is 1. The smallest absolute Gasteiger partial charge is 0.270 e. The fourth-order valence-electron chi connectivity index (χ4n) is 5.30. The van der Waals surface area contributed by atoms with E-state index in [1.807, 2.05) is 48.2 Å². The van der Waals surface area contributed by atoms with Crippen molar-refractivity contribution in [3.63, 3.8) is 0 Å². The molecule has 2 aromatic heterocycles. The lowest BCUT2D eigenvalue weighted by atomic mass is 9.89. The third kappa shape index (κ3) is 4.20. The van der Waals surface area contributed by atoms with E-state index in [1.54, 1.807) is 6.07 Å². The summed E-state index contributed by atoms with van der Waals surface area (Å²) in [5.74, 6) is 1.01. The Morgan fingerprint density at radius 1 is 1.24 bits per heavy atom. The predicted octanol–water partition coefficient (Wildman–Crippen LogP) is 5.66. The molecular formula is C28H30N4O2. The number of aromatic amines is 1. The zero-order valence-electron chi connectivity index (χ0n) is 19.7. The summed E-state index contributed by atoms with van der Waals surface area (Å²) in [5, 5.41) is 14.9. The third-order valence-corrected chi connectivity index (χ3v) is 7.16. The van der Waals surface area contributed by atoms with E-state index >= 15 is 0 Å². The number of hydrogen-bond acceptors (Lipinski definition) is 4. The van der Waals surface area contributed by atoms with Crippen LogP contribution in [0.5, 0.6) is 0 Å². The maximum absolute atomic E-state index is 13.4. The first-order valence-corrected chi connectivity index (χ1v) is 12.1. The van der Waals surface area contributed by atoms with E-state index in [0.717, 1.165) is 47.9 Å². The van der Waals surface area contributed by atoms with E-state index in [2.05, 4.69) is 29.4 Å². The average Bonchev–Trinajstić information content (AvgIpc) is 3.44. The first-order valence-electron chi connectivity index (χ1n) is 12.1. The second kappa shape index (κ2) is 9.36. The van der Waals surface area contributed by atoms with Crippen molar-refractivity contribution >= 4 is 27.8 Å². The molecule has 0 saturated heterocycles. The number of rotatable bonds is 6. The summed E-state index contributed by atoms with van der Waals surface area (Å²) in [4.78, 5) is 18.7. The number of carbonyl (C=O) groups excluding carboxylic acids is 1. The number of H-pyrrole nitrogens is 1. The number of fused-ring (bicyclic) bond motifs is 2. The summed E-state index contributed by atoms with van der Waals surface area (Å²) in [6.45, 7) is 5.52. The normalized spacial score (nSPS) is 18.3. The molecule has 174 valence electrons. The monoisotopic (exact) mass is 454 g/mol. The lowest BCUT2D eigenvalue weighted by Crippen LogP contribution is -2.46. The maximum Gasteiger partial charge on any atom is 0.270 e. The number of benzene rings is 2. The van der Waals surface area contributed by atoms with Gasteiger partial charge in [-0.25, -0.2) is 0 Å². The first kappa shape index (κ1) is 22.2. The third-order valence-electron chi connectivity index (χ3n) is 7.16. The minimum absolute atomic E-state index is 0.0241. The average molecular weight is 455 g/mol. The summed E-state index contributed by atoms with van der Waals surface area (Å²) >= 11 is 0. The van der Waals surface area contributed by atoms with Gasteiger partial charge >= 0.3 is 0 Å². The summed E-state index contributed by atoms with van der Waals surface area (Å²) in [5.41, 5.74) is 4.18. The Bertz CT molecular complexity index is 1380. The minimum atomic E-state index is 0.0241. The van der Waals surface area contributed by atoms with Gasteiger partial charge in [0.05, 0.1) is 18.2 Å². The van der Waals surface area contributed by atoms with E-state index in [4.69, 9.17) is 9.68 Å². The highest BCUT2D eigenvalue weighted by molar-refractivity contribution is 5.98. The summed E-state index contributed by atoms with van der Waals surface area (Å²) in [7, 11) is 0. The highest BCUT2D eigenvalue weighted by Gasteiger charge is 2.30. The van der Waals surface area contributed by atoms with Crippen molar-refractivity contribution in [2.24, 2.45) is 0 Å². The molecule has 0 bridgehead atoms. The first-order chi connectivity index (χ1) is 16.6. The Balaban J connectivity index is 1.27. The van der Waals surface area contributed by atoms with Crippen LogP contribution in [0.3, 0.4) is 0 Å². The van der Waals surface area contributed by atoms with Gasteiger partial charge in [0.25, 0.3) is 5.91 Å². The van der Waals surface area contributed by atoms with Crippen LogP contribution in [-0.2, 0) is 6.54 Å². The Morgan fingerprint density at radius 2 is 2.09 bits per heavy atom. The van der Waals surface area contributed by atoms with Gasteiger partial charge in [0.2, 0.25) is 0 Å². The molecule has 1 fully saturated rings. The molecule has 2 unspecified atom stereocenters. The zero-order valence-corrected chi connectivity index (χ0v) is 19.7. The Hall–Kier alpha value is -3.56. The molecule has 0 aliphatic heterocycles. The molecule has 1 aliphatic carbocycles. The molecule has 1 aliphatic rings. The molecule has 1 saturated carbocycles. The highest BCUT2D eigenvalue weighted by atomic mass is 16.3. The molecule has 6 heteroatoms. The van der Waals surface area contributed by atoms with E-state index in [9.17, 15) is 4.79 Å². The number of carbonyl (C=O) groups is 1. The topological polar surface area (TPSA) is 85.1 Å². The van der Waals surface area contributed by atoms with Crippen molar-refractivity contribution in [1.82, 2.24) is 15.2 Å². The van der Waals surface area contributed by atoms with Gasteiger partial charge in [-0.3, -0.25) is 4.79 Å². The van der Waals surface area contributed by atoms with Crippen LogP contribution in [0.15, 0.2) is 52.9 Å². The van der Waals surface area contributed by atoms with Crippen molar-refractivity contribution in [2.75, 3.05) is 6.54 Å². The molecule has 4 aromatic rings. The van der Waals surface area contributed by atoms with Gasteiger partial charge in [0.1, 0.15) is 17.0 Å². The molecule has 2 aromatic carbocycles. The summed E-state index contributed by atoms with van der Waals surface area (Å²) in [6, 6.07) is 18.2. The highest BCUT2D eigenvalue weighted by Crippen LogP contribution is 2.28. The van der Waals surface area contributed by atoms with Gasteiger partial charge in [-0.05, 0) is 75.4 Å². The van der Waals surface area contributed by atoms with Gasteiger partial charge < -0.3 is 19.6 Å². The summed E-state index contributed by atoms with van der Waals surface area (Å²) in [6.07, 6.45) is 4.13. The standard InChI is InChI=1S/C28H30N4O2/c1-3-32(28(33)25-14-20-13-19(16-29)11-12-24(20)31-25)22-8-6-7-21(15-22)30-17-27-18(2)23-9-4-5-10-26(23)34-27/h4-5,9-14,21-22,30-31H,3,6-8,15,17H2,1-2H3. The van der Waals surface area contributed by atoms with Gasteiger partial charge in [-0.1, -0.05) is 18.2 Å². The van der Waals surface area contributed by atoms with Crippen LogP contribution in [0.25, 0.3) is 21.9 Å². The summed E-state index contributed by atoms with van der Waals surface area (Å²) < 4.78 is 6.08. The van der Waals surface area contributed by atoms with Crippen LogP contribution in [0.4, 0.5) is 0 Å². The van der Waals surface area contributed by atoms with Gasteiger partial charge in [-0.2, -0.15) is 5.26 Å². The molecule has 0 radical (unpaired) electrons. The number of aryl methyl sites for hydroxylation is 1. The second-order valence-electron chi connectivity index (χ2n) is 9.23. The van der Waals surface area contributed by atoms with Crippen molar-refractivity contribution in [2.45, 2.75) is 58.2 Å². The van der Waals surface area contributed by atoms with Crippen molar-refractivity contribution in [3.8, 4) is 6.07 Å². The lowest BCUT2D eigenvalue weighted by molar-refractivity contribution is 0.0622. The largest absolute Gasteiger partial charge is 0.459 e. The molecule has 1 amide bonds. The molecule has 2 N–H and O–H groups in total. The molecule has 0 spiro atoms. The van der Waals surface area contributed by atoms with Crippen LogP contribution in [0.2, 0.25) is 0 Å². The maximum atomic E-state index is 13.4. The zero-order chi connectivity index (χ0) is 23.7. The van der Waals surface area contributed by atoms with Crippen LogP contribution in [0, 0.1) is 18.3 Å². The molecule has 2 heterocycles. The lowest BCUT2D eigenvalue weighted by Gasteiger charge is -2.37. The quantitative estimate of drug-likeness (QED) is 0.394. The van der Waals surface area contributed by atoms with Crippen molar-refractivity contribution in [1.29, 1.82) is 5.26 Å². The number of hydrogen-bond donors (Lipinski definition) is 2. The number of aromatic nitrogens is 1. The van der Waals surface area contributed by atoms with Crippen molar-refractivity contribution < 1.29 is 9.21 Å². The van der Waals surface area contributed by atoms with Crippen molar-refractivity contribution in [3.05, 3.63) is 71.1 Å². The number of nitriles is 1. The van der Waals surface area contributed by atoms with Gasteiger partial charge in [0.15, 0.2) is 0 Å². The molecule has 5 rings (SSSR count). The predicted molar refractivity (Wildman–Crippen MR) is 134 cm³/mol. The Labute approximate surface area is 199 Å². The van der Waals surface area contributed by atoms with E-state index in [1.165, 1.54) is 10.9 Å². The van der Waals surface area contributed by atoms with Crippen LogP contribution in [0.1, 0.15) is 60.0 Å². The molecule has 34 heavy (non-hydrogen) atoms. The van der Waals surface area contributed by atoms with Gasteiger partial charge in [-0.15, -0.1) is 0 Å². The number of para-hydroxylation sites is 1. The number of nitrogens with zero attached hydrogens (tertiary/aromatic N) is 2. The fourth-order valence-corrected chi connectivity index (χ4v) is 5.30. The van der Waals surface area contributed by atoms with E-state index < -0.39 is 0 Å². The Kier molecular flexibility index (Phi) is 6.12. The van der Waals surface area contributed by atoms with Crippen LogP contribution >= 0.6 is 0 Å². The minimum Gasteiger partial charge on any atom is -0.459 e. The second-order valence-corrected chi connectivity index (χ2v) is 9.23. The van der Waals surface area contributed by atoms with Crippen LogP contribution in [-0.4, -0.2) is 34.4 Å². The van der Waals surface area contributed by atoms with E-state index in [-0.39, 0.29) is 11.9 Å². The number of nitrogens with one attached hydrogen (secondary N) is 2. The SMILES string of the molecule is CCN(C(=O)c1cc2cc(C#N)ccc2[nH]1)C1CCCC(NCc2oc3ccccc3c2C)C1. The van der Waals surface area contributed by atoms with E-state index in [0.29, 0.717) is 30.4 Å². The Morgan fingerprint density at radius 3 is 2.88 bits per heavy atom. The van der Waals surface area contributed by atoms with Crippen LogP contribution < -0.4 is 5.32 Å². The fraction of sp³-hybridized carbons (Fsp3) is 0.357. The number of furan rings is 1. The molecular weight excluding hydrogens is 424 g/mol. The molecule has 6 nitrogen and oxygen atoms in total.